The Bertz CT molecular complexity index is 645. The van der Waals surface area contributed by atoms with Crippen LogP contribution >= 0.6 is 0 Å². The monoisotopic (exact) mass is 290 g/mol. The van der Waals surface area contributed by atoms with Gasteiger partial charge in [0, 0.05) is 17.8 Å². The third-order valence-electron chi connectivity index (χ3n) is 2.80. The molecule has 0 bridgehead atoms. The molecule has 0 unspecified atom stereocenters. The highest BCUT2D eigenvalue weighted by molar-refractivity contribution is 5.47. The van der Waals surface area contributed by atoms with Gasteiger partial charge in [0.25, 0.3) is 5.88 Å². The summed E-state index contributed by atoms with van der Waals surface area (Å²) in [6, 6.07) is 8.15. The summed E-state index contributed by atoms with van der Waals surface area (Å²) in [6.45, 7) is 0.0816. The van der Waals surface area contributed by atoms with E-state index in [1.54, 1.807) is 18.2 Å². The molecule has 0 radical (unpaired) electrons. The maximum atomic E-state index is 10.9. The van der Waals surface area contributed by atoms with Gasteiger partial charge in [-0.1, -0.05) is 12.1 Å². The largest absolute Gasteiger partial charge is 0.493 e. The van der Waals surface area contributed by atoms with Crippen LogP contribution in [0.15, 0.2) is 36.5 Å². The van der Waals surface area contributed by atoms with Gasteiger partial charge in [-0.3, -0.25) is 10.1 Å². The molecule has 2 aromatic rings. The Hall–Kier alpha value is -2.83. The predicted octanol–water partition coefficient (Wildman–Crippen LogP) is 2.59. The van der Waals surface area contributed by atoms with Crippen molar-refractivity contribution in [1.82, 2.24) is 4.98 Å². The summed E-state index contributed by atoms with van der Waals surface area (Å²) in [5.41, 5.74) is 0.524. The molecule has 0 saturated carbocycles. The molecular weight excluding hydrogens is 276 g/mol. The molecule has 0 amide bonds. The summed E-state index contributed by atoms with van der Waals surface area (Å²) in [5, 5.41) is 10.9. The van der Waals surface area contributed by atoms with Crippen molar-refractivity contribution in [1.29, 1.82) is 0 Å². The van der Waals surface area contributed by atoms with E-state index in [0.29, 0.717) is 17.1 Å². The lowest BCUT2D eigenvalue weighted by Crippen LogP contribution is -2.03. The van der Waals surface area contributed by atoms with Crippen molar-refractivity contribution in [2.75, 3.05) is 14.2 Å². The van der Waals surface area contributed by atoms with Crippen molar-refractivity contribution in [2.45, 2.75) is 6.61 Å². The maximum Gasteiger partial charge on any atom is 0.330 e. The van der Waals surface area contributed by atoms with E-state index in [-0.39, 0.29) is 18.2 Å². The van der Waals surface area contributed by atoms with E-state index >= 15 is 0 Å². The Morgan fingerprint density at radius 3 is 2.67 bits per heavy atom. The molecule has 1 aromatic heterocycles. The van der Waals surface area contributed by atoms with Gasteiger partial charge in [0.1, 0.15) is 6.61 Å². The van der Waals surface area contributed by atoms with Crippen molar-refractivity contribution in [3.63, 3.8) is 0 Å². The van der Waals surface area contributed by atoms with E-state index in [0.717, 1.165) is 0 Å². The summed E-state index contributed by atoms with van der Waals surface area (Å²) in [4.78, 5) is 14.2. The number of nitro groups is 1. The molecule has 1 aromatic carbocycles. The summed E-state index contributed by atoms with van der Waals surface area (Å²) in [6.07, 6.45) is 1.44. The van der Waals surface area contributed by atoms with Gasteiger partial charge in [-0.15, -0.1) is 0 Å². The number of para-hydroxylation sites is 1. The zero-order valence-corrected chi connectivity index (χ0v) is 11.6. The second-order valence-corrected chi connectivity index (χ2v) is 4.03. The van der Waals surface area contributed by atoms with Gasteiger partial charge in [-0.2, -0.15) is 0 Å². The van der Waals surface area contributed by atoms with Crippen molar-refractivity contribution in [2.24, 2.45) is 0 Å². The molecule has 0 aliphatic carbocycles. The quantitative estimate of drug-likeness (QED) is 0.600. The number of ether oxygens (including phenoxy) is 3. The lowest BCUT2D eigenvalue weighted by molar-refractivity contribution is -0.386. The molecular formula is C14H14N2O5. The van der Waals surface area contributed by atoms with Crippen LogP contribution in [0.2, 0.25) is 0 Å². The molecule has 2 rings (SSSR count). The number of pyridine rings is 1. The van der Waals surface area contributed by atoms with Gasteiger partial charge in [-0.05, 0) is 12.1 Å². The first-order valence-electron chi connectivity index (χ1n) is 6.09. The highest BCUT2D eigenvalue weighted by atomic mass is 16.6. The van der Waals surface area contributed by atoms with Crippen molar-refractivity contribution < 1.29 is 19.1 Å². The Morgan fingerprint density at radius 2 is 2.00 bits per heavy atom. The molecule has 0 N–H and O–H groups in total. The minimum absolute atomic E-state index is 0.0348. The zero-order chi connectivity index (χ0) is 15.2. The number of benzene rings is 1. The Morgan fingerprint density at radius 1 is 1.19 bits per heavy atom. The molecule has 1 heterocycles. The van der Waals surface area contributed by atoms with Crippen molar-refractivity contribution in [3.8, 4) is 17.4 Å². The molecule has 7 nitrogen and oxygen atoms in total. The number of aromatic nitrogens is 1. The maximum absolute atomic E-state index is 10.9. The van der Waals surface area contributed by atoms with Crippen LogP contribution in [0, 0.1) is 10.1 Å². The number of hydrogen-bond donors (Lipinski definition) is 0. The number of rotatable bonds is 6. The zero-order valence-electron chi connectivity index (χ0n) is 11.6. The second kappa shape index (κ2) is 6.56. The third kappa shape index (κ3) is 3.19. The van der Waals surface area contributed by atoms with E-state index in [1.807, 2.05) is 0 Å². The molecule has 0 aliphatic heterocycles. The summed E-state index contributed by atoms with van der Waals surface area (Å²) in [7, 11) is 3.05. The molecule has 0 fully saturated rings. The predicted molar refractivity (Wildman–Crippen MR) is 74.8 cm³/mol. The number of nitrogens with zero attached hydrogens (tertiary/aromatic N) is 2. The van der Waals surface area contributed by atoms with Crippen LogP contribution in [-0.4, -0.2) is 24.1 Å². The molecule has 0 aliphatic rings. The summed E-state index contributed by atoms with van der Waals surface area (Å²) >= 11 is 0. The summed E-state index contributed by atoms with van der Waals surface area (Å²) in [5.74, 6) is 1.06. The second-order valence-electron chi connectivity index (χ2n) is 4.03. The van der Waals surface area contributed by atoms with Gasteiger partial charge in [-0.25, -0.2) is 4.98 Å². The van der Waals surface area contributed by atoms with E-state index in [2.05, 4.69) is 4.98 Å². The van der Waals surface area contributed by atoms with Crippen LogP contribution < -0.4 is 14.2 Å². The van der Waals surface area contributed by atoms with Gasteiger partial charge < -0.3 is 14.2 Å². The molecule has 0 saturated heterocycles. The van der Waals surface area contributed by atoms with Gasteiger partial charge in [0.2, 0.25) is 0 Å². The first kappa shape index (κ1) is 14.6. The van der Waals surface area contributed by atoms with E-state index in [4.69, 9.17) is 14.2 Å². The lowest BCUT2D eigenvalue weighted by Gasteiger charge is -2.12. The SMILES string of the molecule is COc1cccc(COc2ncccc2[N+](=O)[O-])c1OC. The van der Waals surface area contributed by atoms with E-state index in [1.165, 1.54) is 32.5 Å². The molecule has 110 valence electrons. The van der Waals surface area contributed by atoms with Gasteiger partial charge in [0.15, 0.2) is 11.5 Å². The third-order valence-corrected chi connectivity index (χ3v) is 2.80. The normalized spacial score (nSPS) is 10.0. The minimum atomic E-state index is -0.537. The van der Waals surface area contributed by atoms with Crippen molar-refractivity contribution >= 4 is 5.69 Å². The lowest BCUT2D eigenvalue weighted by atomic mass is 10.2. The minimum Gasteiger partial charge on any atom is -0.493 e. The van der Waals surface area contributed by atoms with Crippen molar-refractivity contribution in [3.05, 3.63) is 52.2 Å². The topological polar surface area (TPSA) is 83.7 Å². The molecule has 0 spiro atoms. The Balaban J connectivity index is 2.23. The molecule has 21 heavy (non-hydrogen) atoms. The first-order chi connectivity index (χ1) is 10.2. The highest BCUT2D eigenvalue weighted by Crippen LogP contribution is 2.32. The average molecular weight is 290 g/mol. The van der Waals surface area contributed by atoms with E-state index < -0.39 is 4.92 Å². The molecule has 7 heteroatoms. The fraction of sp³-hybridized carbons (Fsp3) is 0.214. The van der Waals surface area contributed by atoms with Crippen LogP contribution in [0.3, 0.4) is 0 Å². The van der Waals surface area contributed by atoms with Gasteiger partial charge >= 0.3 is 5.69 Å². The summed E-state index contributed by atoms with van der Waals surface area (Å²) < 4.78 is 15.9. The average Bonchev–Trinajstić information content (AvgIpc) is 2.52. The standard InChI is InChI=1S/C14H14N2O5/c1-19-12-7-3-5-10(13(12)20-2)9-21-14-11(16(17)18)6-4-8-15-14/h3-8H,9H2,1-2H3. The Labute approximate surface area is 121 Å². The van der Waals surface area contributed by atoms with Gasteiger partial charge in [0.05, 0.1) is 19.1 Å². The van der Waals surface area contributed by atoms with Crippen LogP contribution in [-0.2, 0) is 6.61 Å². The fourth-order valence-corrected chi connectivity index (χ4v) is 1.85. The fourth-order valence-electron chi connectivity index (χ4n) is 1.85. The number of hydrogen-bond acceptors (Lipinski definition) is 6. The Kier molecular flexibility index (Phi) is 4.55. The highest BCUT2D eigenvalue weighted by Gasteiger charge is 2.17. The van der Waals surface area contributed by atoms with Crippen LogP contribution in [0.5, 0.6) is 17.4 Å². The molecule has 0 atom stereocenters. The first-order valence-corrected chi connectivity index (χ1v) is 6.09. The van der Waals surface area contributed by atoms with Crippen LogP contribution in [0.25, 0.3) is 0 Å². The van der Waals surface area contributed by atoms with Crippen LogP contribution in [0.1, 0.15) is 5.56 Å². The smallest absolute Gasteiger partial charge is 0.330 e. The van der Waals surface area contributed by atoms with E-state index in [9.17, 15) is 10.1 Å². The number of methoxy groups -OCH3 is 2. The van der Waals surface area contributed by atoms with Crippen LogP contribution in [0.4, 0.5) is 5.69 Å².